The fourth-order valence-electron chi connectivity index (χ4n) is 1.43. The Morgan fingerprint density at radius 3 is 3.19 bits per heavy atom. The molecule has 0 aromatic carbocycles. The number of imidazole rings is 1. The number of hydrogen-bond acceptors (Lipinski definition) is 4. The highest BCUT2D eigenvalue weighted by molar-refractivity contribution is 7.99. The van der Waals surface area contributed by atoms with Crippen molar-refractivity contribution in [2.75, 3.05) is 12.4 Å². The van der Waals surface area contributed by atoms with E-state index in [2.05, 4.69) is 27.1 Å². The molecule has 0 radical (unpaired) electrons. The van der Waals surface area contributed by atoms with Gasteiger partial charge in [0.05, 0.1) is 6.61 Å². The number of aromatic nitrogens is 2. The van der Waals surface area contributed by atoms with E-state index in [1.807, 2.05) is 12.4 Å². The van der Waals surface area contributed by atoms with Gasteiger partial charge in [-0.1, -0.05) is 17.8 Å². The van der Waals surface area contributed by atoms with Gasteiger partial charge >= 0.3 is 0 Å². The number of rotatable bonds is 6. The van der Waals surface area contributed by atoms with E-state index in [0.29, 0.717) is 5.75 Å². The molecule has 0 spiro atoms. The summed E-state index contributed by atoms with van der Waals surface area (Å²) in [5.41, 5.74) is 0. The third-order valence-corrected chi connectivity index (χ3v) is 4.10. The third-order valence-electron chi connectivity index (χ3n) is 2.18. The van der Waals surface area contributed by atoms with Crippen molar-refractivity contribution in [3.05, 3.63) is 34.8 Å². The number of hydrogen-bond donors (Lipinski definition) is 1. The summed E-state index contributed by atoms with van der Waals surface area (Å²) in [6, 6.07) is 4.23. The molecule has 2 rings (SSSR count). The highest BCUT2D eigenvalue weighted by atomic mass is 32.2. The van der Waals surface area contributed by atoms with E-state index in [0.717, 1.165) is 18.1 Å². The Hall–Kier alpha value is -0.780. The minimum absolute atomic E-state index is 0.197. The molecule has 0 saturated heterocycles. The molecule has 2 aromatic rings. The molecule has 1 N–H and O–H groups in total. The first kappa shape index (κ1) is 11.7. The second-order valence-corrected chi connectivity index (χ2v) is 5.40. The maximum atomic E-state index is 8.78. The van der Waals surface area contributed by atoms with Crippen molar-refractivity contribution in [2.24, 2.45) is 0 Å². The zero-order valence-electron chi connectivity index (χ0n) is 8.87. The van der Waals surface area contributed by atoms with Crippen LogP contribution in [-0.2, 0) is 13.0 Å². The molecule has 0 saturated carbocycles. The van der Waals surface area contributed by atoms with Gasteiger partial charge in [-0.25, -0.2) is 4.98 Å². The van der Waals surface area contributed by atoms with Crippen molar-refractivity contribution in [3.63, 3.8) is 0 Å². The standard InChI is InChI=1S/C11H14N2OS2/c14-7-9-16-11-12-4-6-13(11)5-3-10-2-1-8-15-10/h1-2,4,6,8,14H,3,5,7,9H2. The van der Waals surface area contributed by atoms with Crippen LogP contribution >= 0.6 is 23.1 Å². The van der Waals surface area contributed by atoms with Crippen LogP contribution in [-0.4, -0.2) is 27.0 Å². The molecule has 0 aliphatic carbocycles. The summed E-state index contributed by atoms with van der Waals surface area (Å²) in [6.45, 7) is 1.15. The lowest BCUT2D eigenvalue weighted by molar-refractivity contribution is 0.322. The predicted molar refractivity (Wildman–Crippen MR) is 68.1 cm³/mol. The van der Waals surface area contributed by atoms with Gasteiger partial charge < -0.3 is 9.67 Å². The lowest BCUT2D eigenvalue weighted by Gasteiger charge is -2.05. The SMILES string of the molecule is OCCSc1nccn1CCc1cccs1. The quantitative estimate of drug-likeness (QED) is 0.804. The van der Waals surface area contributed by atoms with E-state index in [4.69, 9.17) is 5.11 Å². The normalized spacial score (nSPS) is 10.8. The maximum Gasteiger partial charge on any atom is 0.168 e. The molecule has 2 heterocycles. The number of aliphatic hydroxyl groups is 1. The molecule has 2 aromatic heterocycles. The predicted octanol–water partition coefficient (Wildman–Crippen LogP) is 2.27. The first-order valence-electron chi connectivity index (χ1n) is 5.17. The van der Waals surface area contributed by atoms with Crippen LogP contribution in [0.4, 0.5) is 0 Å². The zero-order chi connectivity index (χ0) is 11.2. The molecule has 5 heteroatoms. The van der Waals surface area contributed by atoms with Crippen LogP contribution in [0.2, 0.25) is 0 Å². The van der Waals surface area contributed by atoms with E-state index < -0.39 is 0 Å². The Morgan fingerprint density at radius 2 is 2.44 bits per heavy atom. The minimum atomic E-state index is 0.197. The van der Waals surface area contributed by atoms with Crippen LogP contribution in [0.25, 0.3) is 0 Å². The molecular formula is C11H14N2OS2. The van der Waals surface area contributed by atoms with Gasteiger partial charge in [-0.15, -0.1) is 11.3 Å². The largest absolute Gasteiger partial charge is 0.396 e. The average Bonchev–Trinajstić information content (AvgIpc) is 2.94. The number of thiophene rings is 1. The summed E-state index contributed by atoms with van der Waals surface area (Å²) in [5, 5.41) is 11.9. The Morgan fingerprint density at radius 1 is 1.50 bits per heavy atom. The lowest BCUT2D eigenvalue weighted by Crippen LogP contribution is -2.01. The van der Waals surface area contributed by atoms with E-state index in [1.54, 1.807) is 23.1 Å². The van der Waals surface area contributed by atoms with E-state index in [1.165, 1.54) is 4.88 Å². The lowest BCUT2D eigenvalue weighted by atomic mass is 10.3. The van der Waals surface area contributed by atoms with Gasteiger partial charge in [0.25, 0.3) is 0 Å². The van der Waals surface area contributed by atoms with Crippen LogP contribution in [0, 0.1) is 0 Å². The van der Waals surface area contributed by atoms with Gasteiger partial charge in [0.2, 0.25) is 0 Å². The van der Waals surface area contributed by atoms with Crippen molar-refractivity contribution >= 4 is 23.1 Å². The van der Waals surface area contributed by atoms with Gasteiger partial charge in [-0.05, 0) is 17.9 Å². The second kappa shape index (κ2) is 6.08. The van der Waals surface area contributed by atoms with Gasteiger partial charge in [0.1, 0.15) is 0 Å². The van der Waals surface area contributed by atoms with Crippen molar-refractivity contribution in [1.29, 1.82) is 0 Å². The third kappa shape index (κ3) is 3.10. The smallest absolute Gasteiger partial charge is 0.168 e. The van der Waals surface area contributed by atoms with Crippen molar-refractivity contribution in [2.45, 2.75) is 18.1 Å². The first-order chi connectivity index (χ1) is 7.90. The molecule has 86 valence electrons. The molecule has 0 fully saturated rings. The Kier molecular flexibility index (Phi) is 4.44. The molecular weight excluding hydrogens is 240 g/mol. The fraction of sp³-hybridized carbons (Fsp3) is 0.364. The van der Waals surface area contributed by atoms with Gasteiger partial charge in [-0.2, -0.15) is 0 Å². The van der Waals surface area contributed by atoms with Crippen molar-refractivity contribution < 1.29 is 5.11 Å². The molecule has 16 heavy (non-hydrogen) atoms. The molecule has 0 bridgehead atoms. The highest BCUT2D eigenvalue weighted by Crippen LogP contribution is 2.16. The summed E-state index contributed by atoms with van der Waals surface area (Å²) in [5.74, 6) is 0.704. The van der Waals surface area contributed by atoms with E-state index >= 15 is 0 Å². The number of thioether (sulfide) groups is 1. The summed E-state index contributed by atoms with van der Waals surface area (Å²) in [4.78, 5) is 5.67. The minimum Gasteiger partial charge on any atom is -0.396 e. The van der Waals surface area contributed by atoms with Crippen LogP contribution in [0.15, 0.2) is 35.1 Å². The van der Waals surface area contributed by atoms with Gasteiger partial charge in [-0.3, -0.25) is 0 Å². The molecule has 3 nitrogen and oxygen atoms in total. The Balaban J connectivity index is 1.91. The zero-order valence-corrected chi connectivity index (χ0v) is 10.5. The summed E-state index contributed by atoms with van der Waals surface area (Å²) < 4.78 is 2.14. The fourth-order valence-corrected chi connectivity index (χ4v) is 2.85. The first-order valence-corrected chi connectivity index (χ1v) is 7.04. The molecule has 0 aliphatic heterocycles. The maximum absolute atomic E-state index is 8.78. The van der Waals surface area contributed by atoms with Crippen LogP contribution < -0.4 is 0 Å². The highest BCUT2D eigenvalue weighted by Gasteiger charge is 2.03. The monoisotopic (exact) mass is 254 g/mol. The molecule has 0 amide bonds. The number of nitrogens with zero attached hydrogens (tertiary/aromatic N) is 2. The second-order valence-electron chi connectivity index (χ2n) is 3.30. The number of aliphatic hydroxyl groups excluding tert-OH is 1. The summed E-state index contributed by atoms with van der Waals surface area (Å²) in [7, 11) is 0. The molecule has 0 aliphatic rings. The summed E-state index contributed by atoms with van der Waals surface area (Å²) in [6.07, 6.45) is 4.85. The van der Waals surface area contributed by atoms with Crippen LogP contribution in [0.5, 0.6) is 0 Å². The van der Waals surface area contributed by atoms with Gasteiger partial charge in [0.15, 0.2) is 5.16 Å². The molecule has 0 atom stereocenters. The average molecular weight is 254 g/mol. The van der Waals surface area contributed by atoms with Crippen LogP contribution in [0.1, 0.15) is 4.88 Å². The topological polar surface area (TPSA) is 38.1 Å². The van der Waals surface area contributed by atoms with Crippen molar-refractivity contribution in [3.8, 4) is 0 Å². The Bertz CT molecular complexity index is 411. The Labute approximate surface area is 103 Å². The van der Waals surface area contributed by atoms with Crippen molar-refractivity contribution in [1.82, 2.24) is 9.55 Å². The van der Waals surface area contributed by atoms with Crippen LogP contribution in [0.3, 0.4) is 0 Å². The summed E-state index contributed by atoms with van der Waals surface area (Å²) >= 11 is 3.38. The van der Waals surface area contributed by atoms with E-state index in [9.17, 15) is 0 Å². The van der Waals surface area contributed by atoms with Gasteiger partial charge in [0, 0.05) is 29.6 Å². The number of aryl methyl sites for hydroxylation is 2. The molecule has 0 unspecified atom stereocenters. The van der Waals surface area contributed by atoms with E-state index in [-0.39, 0.29) is 6.61 Å².